The Morgan fingerprint density at radius 1 is 1.09 bits per heavy atom. The lowest BCUT2D eigenvalue weighted by atomic mass is 10.1. The van der Waals surface area contributed by atoms with Gasteiger partial charge in [0.15, 0.2) is 5.82 Å². The van der Waals surface area contributed by atoms with Gasteiger partial charge in [0.05, 0.1) is 5.56 Å². The standard InChI is InChI=1S/C25H16F3N3O3S/c1-2-12-33-18-8-6-15(7-9-18)22-29-24-31(30-22)23(32)21(35-24)14-19-10-11-20(34-19)16-4-3-5-17(13-16)25(26,27)28/h2-11,13-14H,1,12H2/b21-14-. The number of fused-ring (bicyclic) bond motifs is 1. The van der Waals surface area contributed by atoms with E-state index in [0.717, 1.165) is 29.0 Å². The second-order valence-corrected chi connectivity index (χ2v) is 8.46. The molecule has 0 radical (unpaired) electrons. The van der Waals surface area contributed by atoms with Crippen molar-refractivity contribution >= 4 is 22.4 Å². The molecule has 5 rings (SSSR count). The van der Waals surface area contributed by atoms with E-state index in [1.807, 2.05) is 0 Å². The van der Waals surface area contributed by atoms with Gasteiger partial charge >= 0.3 is 6.18 Å². The van der Waals surface area contributed by atoms with Crippen molar-refractivity contribution < 1.29 is 22.3 Å². The summed E-state index contributed by atoms with van der Waals surface area (Å²) in [6.45, 7) is 4.00. The topological polar surface area (TPSA) is 69.6 Å². The molecule has 0 aliphatic heterocycles. The minimum absolute atomic E-state index is 0.261. The Morgan fingerprint density at radius 2 is 1.89 bits per heavy atom. The Balaban J connectivity index is 1.42. The van der Waals surface area contributed by atoms with Crippen LogP contribution in [0.1, 0.15) is 11.3 Å². The second-order valence-electron chi connectivity index (χ2n) is 7.45. The lowest BCUT2D eigenvalue weighted by Crippen LogP contribution is -2.23. The van der Waals surface area contributed by atoms with E-state index < -0.39 is 11.7 Å². The van der Waals surface area contributed by atoms with E-state index in [2.05, 4.69) is 16.7 Å². The molecular weight excluding hydrogens is 479 g/mol. The molecule has 5 aromatic rings. The van der Waals surface area contributed by atoms with Gasteiger partial charge in [0, 0.05) is 17.2 Å². The molecule has 10 heteroatoms. The van der Waals surface area contributed by atoms with Crippen molar-refractivity contribution in [2.45, 2.75) is 6.18 Å². The minimum Gasteiger partial charge on any atom is -0.490 e. The number of furan rings is 1. The number of aromatic nitrogens is 3. The summed E-state index contributed by atoms with van der Waals surface area (Å²) >= 11 is 1.14. The molecule has 0 spiro atoms. The smallest absolute Gasteiger partial charge is 0.416 e. The predicted molar refractivity (Wildman–Crippen MR) is 126 cm³/mol. The first-order valence-corrected chi connectivity index (χ1v) is 11.2. The van der Waals surface area contributed by atoms with Crippen molar-refractivity contribution in [3.05, 3.63) is 99.5 Å². The molecule has 0 N–H and O–H groups in total. The van der Waals surface area contributed by atoms with Gasteiger partial charge in [-0.15, -0.1) is 5.10 Å². The number of alkyl halides is 3. The third kappa shape index (κ3) is 4.60. The molecule has 35 heavy (non-hydrogen) atoms. The van der Waals surface area contributed by atoms with E-state index in [9.17, 15) is 18.0 Å². The van der Waals surface area contributed by atoms with Crippen LogP contribution in [0, 0.1) is 0 Å². The number of rotatable bonds is 6. The normalized spacial score (nSPS) is 12.4. The molecule has 6 nitrogen and oxygen atoms in total. The van der Waals surface area contributed by atoms with E-state index >= 15 is 0 Å². The first-order chi connectivity index (χ1) is 16.8. The average Bonchev–Trinajstić information content (AvgIpc) is 3.55. The molecule has 0 bridgehead atoms. The molecule has 0 saturated heterocycles. The maximum absolute atomic E-state index is 13.0. The Hall–Kier alpha value is -4.18. The Bertz CT molecular complexity index is 1630. The van der Waals surface area contributed by atoms with Gasteiger partial charge in [-0.05, 0) is 48.5 Å². The van der Waals surface area contributed by atoms with Gasteiger partial charge < -0.3 is 9.15 Å². The summed E-state index contributed by atoms with van der Waals surface area (Å²) in [5, 5.41) is 4.31. The summed E-state index contributed by atoms with van der Waals surface area (Å²) in [5.41, 5.74) is -0.116. The van der Waals surface area contributed by atoms with Crippen LogP contribution in [0.2, 0.25) is 0 Å². The fraction of sp³-hybridized carbons (Fsp3) is 0.0800. The van der Waals surface area contributed by atoms with E-state index in [1.54, 1.807) is 42.5 Å². The number of thiazole rings is 1. The summed E-state index contributed by atoms with van der Waals surface area (Å²) < 4.78 is 51.7. The van der Waals surface area contributed by atoms with Gasteiger partial charge in [-0.2, -0.15) is 22.7 Å². The van der Waals surface area contributed by atoms with Crippen molar-refractivity contribution in [1.82, 2.24) is 14.6 Å². The largest absolute Gasteiger partial charge is 0.490 e. The minimum atomic E-state index is -4.45. The maximum Gasteiger partial charge on any atom is 0.416 e. The fourth-order valence-corrected chi connectivity index (χ4v) is 4.26. The van der Waals surface area contributed by atoms with E-state index in [4.69, 9.17) is 9.15 Å². The highest BCUT2D eigenvalue weighted by molar-refractivity contribution is 7.15. The first-order valence-electron chi connectivity index (χ1n) is 10.3. The van der Waals surface area contributed by atoms with Crippen LogP contribution in [0.5, 0.6) is 5.75 Å². The molecule has 0 amide bonds. The summed E-state index contributed by atoms with van der Waals surface area (Å²) in [6.07, 6.45) is -1.28. The van der Waals surface area contributed by atoms with E-state index in [-0.39, 0.29) is 16.9 Å². The number of benzene rings is 2. The van der Waals surface area contributed by atoms with Crippen LogP contribution in [-0.4, -0.2) is 21.2 Å². The number of nitrogens with zero attached hydrogens (tertiary/aromatic N) is 3. The van der Waals surface area contributed by atoms with Crippen LogP contribution >= 0.6 is 11.3 Å². The quantitative estimate of drug-likeness (QED) is 0.303. The van der Waals surface area contributed by atoms with Gasteiger partial charge in [-0.3, -0.25) is 4.79 Å². The van der Waals surface area contributed by atoms with Crippen molar-refractivity contribution in [3.8, 4) is 28.5 Å². The SMILES string of the molecule is C=CCOc1ccc(-c2nc3s/c(=C\c4ccc(-c5cccc(C(F)(F)F)c5)o4)c(=O)n3n2)cc1. The van der Waals surface area contributed by atoms with Crippen molar-refractivity contribution in [2.75, 3.05) is 6.61 Å². The third-order valence-corrected chi connectivity index (χ3v) is 6.00. The molecule has 0 aliphatic carbocycles. The number of halogens is 3. The van der Waals surface area contributed by atoms with Gasteiger partial charge in [0.25, 0.3) is 5.56 Å². The van der Waals surface area contributed by atoms with Gasteiger partial charge in [0.2, 0.25) is 4.96 Å². The number of hydrogen-bond donors (Lipinski definition) is 0. The van der Waals surface area contributed by atoms with Crippen LogP contribution in [0.15, 0.2) is 82.5 Å². The zero-order valence-corrected chi connectivity index (χ0v) is 18.8. The Kier molecular flexibility index (Phi) is 5.73. The molecule has 2 aromatic carbocycles. The summed E-state index contributed by atoms with van der Waals surface area (Å²) in [7, 11) is 0. The van der Waals surface area contributed by atoms with Crippen LogP contribution in [-0.2, 0) is 6.18 Å². The lowest BCUT2D eigenvalue weighted by molar-refractivity contribution is -0.137. The van der Waals surface area contributed by atoms with Crippen LogP contribution < -0.4 is 14.8 Å². The van der Waals surface area contributed by atoms with Crippen molar-refractivity contribution in [2.24, 2.45) is 0 Å². The van der Waals surface area contributed by atoms with Crippen LogP contribution in [0.25, 0.3) is 33.7 Å². The molecule has 0 aliphatic rings. The highest BCUT2D eigenvalue weighted by atomic mass is 32.1. The van der Waals surface area contributed by atoms with Crippen molar-refractivity contribution in [3.63, 3.8) is 0 Å². The average molecular weight is 495 g/mol. The van der Waals surface area contributed by atoms with E-state index in [1.165, 1.54) is 22.7 Å². The molecule has 0 fully saturated rings. The van der Waals surface area contributed by atoms with Gasteiger partial charge in [-0.25, -0.2) is 0 Å². The summed E-state index contributed by atoms with van der Waals surface area (Å²) in [5.74, 6) is 1.67. The Labute approximate surface area is 200 Å². The zero-order chi connectivity index (χ0) is 24.6. The molecule has 0 atom stereocenters. The van der Waals surface area contributed by atoms with Crippen LogP contribution in [0.3, 0.4) is 0 Å². The molecule has 0 saturated carbocycles. The third-order valence-electron chi connectivity index (χ3n) is 5.04. The number of hydrogen-bond acceptors (Lipinski definition) is 6. The second kappa shape index (κ2) is 8.88. The van der Waals surface area contributed by atoms with E-state index in [0.29, 0.717) is 33.4 Å². The fourth-order valence-electron chi connectivity index (χ4n) is 3.37. The molecular formula is C25H16F3N3O3S. The zero-order valence-electron chi connectivity index (χ0n) is 18.0. The van der Waals surface area contributed by atoms with Gasteiger partial charge in [-0.1, -0.05) is 36.1 Å². The summed E-state index contributed by atoms with van der Waals surface area (Å²) in [6, 6.07) is 15.2. The first kappa shape index (κ1) is 22.6. The van der Waals surface area contributed by atoms with Crippen LogP contribution in [0.4, 0.5) is 13.2 Å². The maximum atomic E-state index is 13.0. The highest BCUT2D eigenvalue weighted by Crippen LogP contribution is 2.32. The molecule has 0 unspecified atom stereocenters. The molecule has 176 valence electrons. The molecule has 3 heterocycles. The van der Waals surface area contributed by atoms with Crippen molar-refractivity contribution in [1.29, 1.82) is 0 Å². The molecule has 3 aromatic heterocycles. The predicted octanol–water partition coefficient (Wildman–Crippen LogP) is 5.21. The lowest BCUT2D eigenvalue weighted by Gasteiger charge is -2.07. The summed E-state index contributed by atoms with van der Waals surface area (Å²) in [4.78, 5) is 17.7. The number of ether oxygens (including phenoxy) is 1. The highest BCUT2D eigenvalue weighted by Gasteiger charge is 2.30. The monoisotopic (exact) mass is 495 g/mol. The van der Waals surface area contributed by atoms with Gasteiger partial charge in [0.1, 0.15) is 28.4 Å². The Morgan fingerprint density at radius 3 is 2.60 bits per heavy atom.